The maximum absolute atomic E-state index is 7.09. The molecule has 9 N–H and O–H groups in total. The van der Waals surface area contributed by atoms with Crippen LogP contribution in [0.4, 0.5) is 0 Å². The second kappa shape index (κ2) is 9.39. The van der Waals surface area contributed by atoms with Crippen LogP contribution in [0, 0.1) is 5.41 Å². The van der Waals surface area contributed by atoms with E-state index in [1.807, 2.05) is 13.8 Å². The minimum Gasteiger partial charge on any atom is -0.381 e. The Morgan fingerprint density at radius 3 is 2.35 bits per heavy atom. The maximum atomic E-state index is 7.09. The van der Waals surface area contributed by atoms with E-state index in [1.54, 1.807) is 0 Å². The van der Waals surface area contributed by atoms with Gasteiger partial charge in [-0.25, -0.2) is 0 Å². The number of nitrogens with one attached hydrogen (secondary N) is 3. The molecule has 0 amide bonds. The van der Waals surface area contributed by atoms with Crippen molar-refractivity contribution in [3.05, 3.63) is 24.4 Å². The van der Waals surface area contributed by atoms with Crippen molar-refractivity contribution in [2.75, 3.05) is 6.54 Å². The molecule has 116 valence electrons. The summed E-state index contributed by atoms with van der Waals surface area (Å²) < 4.78 is 0. The molecule has 0 aromatic heterocycles. The normalized spacial score (nSPS) is 15.0. The number of hydrogen-bond donors (Lipinski definition) is 6. The second-order valence-corrected chi connectivity index (χ2v) is 5.37. The molecular formula is C14H30N6. The molecule has 0 bridgehead atoms. The van der Waals surface area contributed by atoms with E-state index in [-0.39, 0.29) is 24.1 Å². The van der Waals surface area contributed by atoms with Crippen molar-refractivity contribution in [2.45, 2.75) is 51.2 Å². The van der Waals surface area contributed by atoms with Crippen molar-refractivity contribution in [1.29, 1.82) is 5.41 Å². The first-order chi connectivity index (χ1) is 9.23. The van der Waals surface area contributed by atoms with E-state index in [2.05, 4.69) is 23.8 Å². The van der Waals surface area contributed by atoms with Gasteiger partial charge in [-0.1, -0.05) is 18.7 Å². The molecule has 0 spiro atoms. The van der Waals surface area contributed by atoms with Crippen LogP contribution >= 0.6 is 0 Å². The fourth-order valence-corrected chi connectivity index (χ4v) is 1.84. The van der Waals surface area contributed by atoms with E-state index in [9.17, 15) is 0 Å². The summed E-state index contributed by atoms with van der Waals surface area (Å²) in [6.45, 7) is 12.5. The molecule has 0 radical (unpaired) electrons. The summed E-state index contributed by atoms with van der Waals surface area (Å²) in [7, 11) is 0. The minimum absolute atomic E-state index is 0.00630. The molecule has 0 saturated heterocycles. The average Bonchev–Trinajstić information content (AvgIpc) is 2.31. The lowest BCUT2D eigenvalue weighted by atomic mass is 10.0. The minimum atomic E-state index is -0.160. The molecule has 0 aliphatic heterocycles. The Hall–Kier alpha value is -1.53. The highest BCUT2D eigenvalue weighted by Crippen LogP contribution is 2.10. The summed E-state index contributed by atoms with van der Waals surface area (Å²) in [6, 6.07) is 0.00850. The molecule has 0 saturated carbocycles. The smallest absolute Gasteiger partial charge is 0.185 e. The van der Waals surface area contributed by atoms with Crippen LogP contribution in [0.2, 0.25) is 0 Å². The molecular weight excluding hydrogens is 252 g/mol. The highest BCUT2D eigenvalue weighted by Gasteiger charge is 2.15. The largest absolute Gasteiger partial charge is 0.381 e. The van der Waals surface area contributed by atoms with Gasteiger partial charge in [-0.3, -0.25) is 5.41 Å². The van der Waals surface area contributed by atoms with Crippen LogP contribution in [-0.4, -0.2) is 30.6 Å². The SMILES string of the molecule is C=C(NC(CCCNC(=N)N)C(=C)C)C(N)CC(C)N. The third-order valence-electron chi connectivity index (χ3n) is 3.01. The summed E-state index contributed by atoms with van der Waals surface area (Å²) >= 11 is 0. The van der Waals surface area contributed by atoms with E-state index in [4.69, 9.17) is 22.6 Å². The highest BCUT2D eigenvalue weighted by atomic mass is 15.0. The summed E-state index contributed by atoms with van der Waals surface area (Å²) in [5.41, 5.74) is 18.8. The van der Waals surface area contributed by atoms with E-state index in [0.717, 1.165) is 24.1 Å². The van der Waals surface area contributed by atoms with Gasteiger partial charge in [-0.05, 0) is 33.1 Å². The zero-order valence-electron chi connectivity index (χ0n) is 12.7. The van der Waals surface area contributed by atoms with Gasteiger partial charge in [0.15, 0.2) is 5.96 Å². The van der Waals surface area contributed by atoms with Gasteiger partial charge in [0, 0.05) is 30.4 Å². The van der Waals surface area contributed by atoms with Gasteiger partial charge in [0.2, 0.25) is 0 Å². The van der Waals surface area contributed by atoms with Crippen molar-refractivity contribution in [3.63, 3.8) is 0 Å². The van der Waals surface area contributed by atoms with Gasteiger partial charge in [0.1, 0.15) is 0 Å². The molecule has 6 heteroatoms. The van der Waals surface area contributed by atoms with Gasteiger partial charge in [0.05, 0.1) is 0 Å². The molecule has 0 aromatic carbocycles. The first-order valence-corrected chi connectivity index (χ1v) is 6.93. The Bertz CT molecular complexity index is 337. The topological polar surface area (TPSA) is 126 Å². The first kappa shape index (κ1) is 18.5. The van der Waals surface area contributed by atoms with Crippen LogP contribution in [-0.2, 0) is 0 Å². The van der Waals surface area contributed by atoms with Crippen molar-refractivity contribution in [2.24, 2.45) is 17.2 Å². The van der Waals surface area contributed by atoms with Crippen LogP contribution in [0.1, 0.15) is 33.1 Å². The fourth-order valence-electron chi connectivity index (χ4n) is 1.84. The standard InChI is InChI=1S/C14H30N6/c1-9(2)13(6-5-7-19-14(17)18)20-11(4)12(16)8-10(3)15/h10,12-13,20H,1,4-8,15-16H2,2-3H3,(H4,17,18,19). The van der Waals surface area contributed by atoms with Crippen LogP contribution in [0.25, 0.3) is 0 Å². The molecule has 0 aliphatic rings. The molecule has 3 unspecified atom stereocenters. The van der Waals surface area contributed by atoms with Crippen LogP contribution < -0.4 is 27.8 Å². The molecule has 0 fully saturated rings. The van der Waals surface area contributed by atoms with E-state index < -0.39 is 0 Å². The molecule has 0 aliphatic carbocycles. The zero-order valence-corrected chi connectivity index (χ0v) is 12.7. The fraction of sp³-hybridized carbons (Fsp3) is 0.643. The van der Waals surface area contributed by atoms with Crippen LogP contribution in [0.5, 0.6) is 0 Å². The summed E-state index contributed by atoms with van der Waals surface area (Å²) in [6.07, 6.45) is 2.44. The maximum Gasteiger partial charge on any atom is 0.185 e. The van der Waals surface area contributed by atoms with Crippen molar-refractivity contribution in [1.82, 2.24) is 10.6 Å². The molecule has 0 rings (SSSR count). The lowest BCUT2D eigenvalue weighted by Crippen LogP contribution is -2.40. The summed E-state index contributed by atoms with van der Waals surface area (Å²) in [4.78, 5) is 0. The predicted molar refractivity (Wildman–Crippen MR) is 86.3 cm³/mol. The highest BCUT2D eigenvalue weighted by molar-refractivity contribution is 5.74. The second-order valence-electron chi connectivity index (χ2n) is 5.37. The van der Waals surface area contributed by atoms with E-state index in [1.165, 1.54) is 0 Å². The lowest BCUT2D eigenvalue weighted by Gasteiger charge is -2.25. The van der Waals surface area contributed by atoms with Crippen molar-refractivity contribution >= 4 is 5.96 Å². The Morgan fingerprint density at radius 2 is 1.90 bits per heavy atom. The molecule has 6 nitrogen and oxygen atoms in total. The van der Waals surface area contributed by atoms with E-state index in [0.29, 0.717) is 13.0 Å². The number of guanidine groups is 1. The predicted octanol–water partition coefficient (Wildman–Crippen LogP) is 0.362. The van der Waals surface area contributed by atoms with Gasteiger partial charge >= 0.3 is 0 Å². The van der Waals surface area contributed by atoms with Crippen LogP contribution in [0.15, 0.2) is 24.4 Å². The monoisotopic (exact) mass is 282 g/mol. The van der Waals surface area contributed by atoms with E-state index >= 15 is 0 Å². The molecule has 3 atom stereocenters. The lowest BCUT2D eigenvalue weighted by molar-refractivity contribution is 0.510. The van der Waals surface area contributed by atoms with Crippen molar-refractivity contribution < 1.29 is 0 Å². The van der Waals surface area contributed by atoms with Gasteiger partial charge < -0.3 is 27.8 Å². The van der Waals surface area contributed by atoms with Gasteiger partial charge in [-0.15, -0.1) is 0 Å². The van der Waals surface area contributed by atoms with Gasteiger partial charge in [0.25, 0.3) is 0 Å². The van der Waals surface area contributed by atoms with Crippen molar-refractivity contribution in [3.8, 4) is 0 Å². The Balaban J connectivity index is 4.22. The van der Waals surface area contributed by atoms with Gasteiger partial charge in [-0.2, -0.15) is 0 Å². The Labute approximate surface area is 122 Å². The first-order valence-electron chi connectivity index (χ1n) is 6.93. The number of nitrogens with two attached hydrogens (primary N) is 3. The number of hydrogen-bond acceptors (Lipinski definition) is 4. The summed E-state index contributed by atoms with van der Waals surface area (Å²) in [5, 5.41) is 13.2. The summed E-state index contributed by atoms with van der Waals surface area (Å²) in [5.74, 6) is -0.00630. The van der Waals surface area contributed by atoms with Crippen LogP contribution in [0.3, 0.4) is 0 Å². The third-order valence-corrected chi connectivity index (χ3v) is 3.01. The average molecular weight is 282 g/mol. The quantitative estimate of drug-likeness (QED) is 0.149. The third kappa shape index (κ3) is 8.55. The number of rotatable bonds is 10. The Morgan fingerprint density at radius 1 is 1.30 bits per heavy atom. The zero-order chi connectivity index (χ0) is 15.7. The Kier molecular flexibility index (Phi) is 8.67. The molecule has 20 heavy (non-hydrogen) atoms. The molecule has 0 heterocycles. The molecule has 0 aromatic rings.